The summed E-state index contributed by atoms with van der Waals surface area (Å²) in [5, 5.41) is 1.40. The van der Waals surface area contributed by atoms with Gasteiger partial charge in [0.15, 0.2) is 0 Å². The number of aromatic nitrogens is 2. The zero-order chi connectivity index (χ0) is 20.4. The van der Waals surface area contributed by atoms with E-state index in [1.807, 2.05) is 54.6 Å². The fourth-order valence-corrected chi connectivity index (χ4v) is 3.31. The van der Waals surface area contributed by atoms with Crippen molar-refractivity contribution in [3.63, 3.8) is 0 Å². The summed E-state index contributed by atoms with van der Waals surface area (Å²) in [6, 6.07) is 14.1. The van der Waals surface area contributed by atoms with Crippen LogP contribution in [0.25, 0.3) is 12.2 Å². The summed E-state index contributed by atoms with van der Waals surface area (Å²) in [5.41, 5.74) is 3.31. The molecule has 1 N–H and O–H groups in total. The first-order valence-corrected chi connectivity index (χ1v) is 9.80. The molecule has 0 amide bonds. The summed E-state index contributed by atoms with van der Waals surface area (Å²) in [6.45, 7) is 4.13. The molecule has 0 radical (unpaired) electrons. The van der Waals surface area contributed by atoms with E-state index in [1.54, 1.807) is 7.11 Å². The van der Waals surface area contributed by atoms with Gasteiger partial charge in [0.2, 0.25) is 0 Å². The number of H-pyrrole nitrogens is 1. The summed E-state index contributed by atoms with van der Waals surface area (Å²) in [5.74, 6) is 7.85. The highest BCUT2D eigenvalue weighted by Gasteiger charge is 2.18. The SMILES string of the molecule is COc1ccc(C#CC2C=c3[nH]c(Oc4ccc(C)c(C)c4)nc3=CC2Cl)cc1. The number of hydrogen-bond donors (Lipinski definition) is 1. The highest BCUT2D eigenvalue weighted by atomic mass is 35.5. The number of benzene rings is 2. The standard InChI is InChI=1S/C24H21ClN2O2/c1-15-4-9-20(12-16(15)2)29-24-26-22-13-18(21(25)14-23(22)27-24)8-5-17-6-10-19(28-3)11-7-17/h4,6-7,9-14,18,21H,1-3H3,(H,26,27). The number of ether oxygens (including phenoxy) is 2. The van der Waals surface area contributed by atoms with Crippen LogP contribution in [0, 0.1) is 31.6 Å². The van der Waals surface area contributed by atoms with Gasteiger partial charge in [-0.25, -0.2) is 0 Å². The van der Waals surface area contributed by atoms with E-state index in [1.165, 1.54) is 11.1 Å². The van der Waals surface area contributed by atoms with Gasteiger partial charge in [-0.2, -0.15) is 4.98 Å². The van der Waals surface area contributed by atoms with Crippen LogP contribution in [0.5, 0.6) is 17.5 Å². The van der Waals surface area contributed by atoms with E-state index in [9.17, 15) is 0 Å². The van der Waals surface area contributed by atoms with Crippen molar-refractivity contribution in [2.24, 2.45) is 5.92 Å². The van der Waals surface area contributed by atoms with Gasteiger partial charge in [0.05, 0.1) is 29.1 Å². The molecule has 2 unspecified atom stereocenters. The van der Waals surface area contributed by atoms with Crippen LogP contribution >= 0.6 is 11.6 Å². The van der Waals surface area contributed by atoms with Gasteiger partial charge >= 0.3 is 0 Å². The molecule has 3 aromatic rings. The second kappa shape index (κ2) is 8.06. The first kappa shape index (κ1) is 19.2. The maximum absolute atomic E-state index is 6.53. The molecule has 5 heteroatoms. The number of fused-ring (bicyclic) bond motifs is 1. The van der Waals surface area contributed by atoms with Crippen LogP contribution in [0.2, 0.25) is 0 Å². The summed E-state index contributed by atoms with van der Waals surface area (Å²) in [7, 11) is 1.64. The maximum atomic E-state index is 6.53. The second-order valence-corrected chi connectivity index (χ2v) is 7.49. The number of aromatic amines is 1. The third-order valence-electron chi connectivity index (χ3n) is 4.91. The van der Waals surface area contributed by atoms with Crippen molar-refractivity contribution < 1.29 is 9.47 Å². The normalized spacial score (nSPS) is 17.2. The van der Waals surface area contributed by atoms with Crippen LogP contribution in [0.3, 0.4) is 0 Å². The Balaban J connectivity index is 1.57. The molecule has 4 nitrogen and oxygen atoms in total. The van der Waals surface area contributed by atoms with E-state index in [-0.39, 0.29) is 11.3 Å². The fraction of sp³-hybridized carbons (Fsp3) is 0.208. The van der Waals surface area contributed by atoms with E-state index >= 15 is 0 Å². The predicted octanol–water partition coefficient (Wildman–Crippen LogP) is 3.68. The van der Waals surface area contributed by atoms with Crippen molar-refractivity contribution in [3.05, 3.63) is 69.9 Å². The summed E-state index contributed by atoms with van der Waals surface area (Å²) >= 11 is 6.53. The van der Waals surface area contributed by atoms with Crippen LogP contribution in [0.1, 0.15) is 16.7 Å². The first-order chi connectivity index (χ1) is 14.0. The van der Waals surface area contributed by atoms with Gasteiger partial charge in [-0.3, -0.25) is 0 Å². The summed E-state index contributed by atoms with van der Waals surface area (Å²) in [6.07, 6.45) is 3.91. The number of rotatable bonds is 3. The second-order valence-electron chi connectivity index (χ2n) is 6.99. The average molecular weight is 405 g/mol. The maximum Gasteiger partial charge on any atom is 0.300 e. The summed E-state index contributed by atoms with van der Waals surface area (Å²) < 4.78 is 11.1. The molecule has 0 bridgehead atoms. The highest BCUT2D eigenvalue weighted by Crippen LogP contribution is 2.21. The average Bonchev–Trinajstić information content (AvgIpc) is 3.10. The minimum absolute atomic E-state index is 0.124. The Morgan fingerprint density at radius 1 is 1.00 bits per heavy atom. The van der Waals surface area contributed by atoms with E-state index in [0.717, 1.165) is 27.8 Å². The third kappa shape index (κ3) is 4.31. The first-order valence-electron chi connectivity index (χ1n) is 9.36. The molecule has 0 spiro atoms. The number of aryl methyl sites for hydroxylation is 2. The van der Waals surface area contributed by atoms with Crippen LogP contribution in [-0.2, 0) is 0 Å². The van der Waals surface area contributed by atoms with Gasteiger partial charge in [0.25, 0.3) is 6.01 Å². The molecule has 2 aromatic carbocycles. The van der Waals surface area contributed by atoms with Crippen molar-refractivity contribution in [1.29, 1.82) is 0 Å². The minimum Gasteiger partial charge on any atom is -0.497 e. The largest absolute Gasteiger partial charge is 0.497 e. The number of imidazole rings is 1. The molecular formula is C24H21ClN2O2. The van der Waals surface area contributed by atoms with Crippen LogP contribution in [0.4, 0.5) is 0 Å². The quantitative estimate of drug-likeness (QED) is 0.535. The molecule has 1 aromatic heterocycles. The van der Waals surface area contributed by atoms with Gasteiger partial charge in [-0.15, -0.1) is 11.6 Å². The number of methoxy groups -OCH3 is 1. The van der Waals surface area contributed by atoms with Gasteiger partial charge in [-0.1, -0.05) is 17.9 Å². The summed E-state index contributed by atoms with van der Waals surface area (Å²) in [4.78, 5) is 7.73. The third-order valence-corrected chi connectivity index (χ3v) is 5.31. The monoisotopic (exact) mass is 404 g/mol. The molecule has 4 rings (SSSR count). The molecule has 0 fully saturated rings. The van der Waals surface area contributed by atoms with Gasteiger partial charge in [-0.05, 0) is 73.5 Å². The lowest BCUT2D eigenvalue weighted by Crippen LogP contribution is -2.33. The Morgan fingerprint density at radius 3 is 2.48 bits per heavy atom. The predicted molar refractivity (Wildman–Crippen MR) is 116 cm³/mol. The molecule has 29 heavy (non-hydrogen) atoms. The van der Waals surface area contributed by atoms with Gasteiger partial charge < -0.3 is 14.5 Å². The molecule has 2 atom stereocenters. The van der Waals surface area contributed by atoms with Crippen molar-refractivity contribution >= 4 is 23.8 Å². The van der Waals surface area contributed by atoms with Crippen molar-refractivity contribution in [2.45, 2.75) is 19.2 Å². The smallest absolute Gasteiger partial charge is 0.300 e. The molecular weight excluding hydrogens is 384 g/mol. The van der Waals surface area contributed by atoms with Crippen LogP contribution < -0.4 is 20.2 Å². The lowest BCUT2D eigenvalue weighted by atomic mass is 10.0. The Kier molecular flexibility index (Phi) is 5.33. The van der Waals surface area contributed by atoms with Gasteiger partial charge in [0, 0.05) is 5.56 Å². The topological polar surface area (TPSA) is 47.1 Å². The molecule has 1 aliphatic carbocycles. The number of alkyl halides is 1. The van der Waals surface area contributed by atoms with E-state index in [2.05, 4.69) is 35.7 Å². The van der Waals surface area contributed by atoms with Crippen molar-refractivity contribution in [2.75, 3.05) is 7.11 Å². The molecule has 1 aliphatic rings. The number of nitrogens with one attached hydrogen (secondary N) is 1. The van der Waals surface area contributed by atoms with E-state index in [4.69, 9.17) is 21.1 Å². The van der Waals surface area contributed by atoms with Crippen LogP contribution in [-0.4, -0.2) is 22.5 Å². The zero-order valence-corrected chi connectivity index (χ0v) is 17.2. The van der Waals surface area contributed by atoms with Crippen molar-refractivity contribution in [1.82, 2.24) is 9.97 Å². The Hall–Kier alpha value is -3.16. The lowest BCUT2D eigenvalue weighted by Gasteiger charge is -2.11. The Morgan fingerprint density at radius 2 is 1.76 bits per heavy atom. The molecule has 0 aliphatic heterocycles. The lowest BCUT2D eigenvalue weighted by molar-refractivity contribution is 0.415. The minimum atomic E-state index is -0.258. The zero-order valence-electron chi connectivity index (χ0n) is 16.5. The van der Waals surface area contributed by atoms with Crippen molar-refractivity contribution in [3.8, 4) is 29.4 Å². The number of hydrogen-bond acceptors (Lipinski definition) is 3. The van der Waals surface area contributed by atoms with Gasteiger partial charge in [0.1, 0.15) is 11.5 Å². The Bertz CT molecular complexity index is 1220. The van der Waals surface area contributed by atoms with Crippen LogP contribution in [0.15, 0.2) is 42.5 Å². The molecule has 146 valence electrons. The fourth-order valence-electron chi connectivity index (χ4n) is 3.06. The van der Waals surface area contributed by atoms with E-state index < -0.39 is 0 Å². The molecule has 0 saturated heterocycles. The van der Waals surface area contributed by atoms with E-state index in [0.29, 0.717) is 6.01 Å². The molecule has 0 saturated carbocycles. The Labute approximate surface area is 174 Å². The molecule has 1 heterocycles. The number of halogens is 1. The highest BCUT2D eigenvalue weighted by molar-refractivity contribution is 6.24. The number of nitrogens with zero attached hydrogens (tertiary/aromatic N) is 1.